The summed E-state index contributed by atoms with van der Waals surface area (Å²) in [5, 5.41) is 0. The van der Waals surface area contributed by atoms with Crippen molar-refractivity contribution < 1.29 is 4.79 Å². The average molecular weight is 317 g/mol. The molecule has 0 aliphatic carbocycles. The molecule has 1 amide bonds. The molecule has 3 N–H and O–H groups in total. The molecule has 0 saturated carbocycles. The van der Waals surface area contributed by atoms with E-state index in [9.17, 15) is 4.79 Å². The SMILES string of the molecule is CC(N)C1CCCN(C(=O)CN(C)c2ncnc3nc[nH]c23)C1. The number of nitrogens with two attached hydrogens (primary N) is 1. The fraction of sp³-hybridized carbons (Fsp3) is 0.600. The fourth-order valence-corrected chi connectivity index (χ4v) is 3.09. The summed E-state index contributed by atoms with van der Waals surface area (Å²) in [5.74, 6) is 1.17. The third-order valence-corrected chi connectivity index (χ3v) is 4.49. The number of piperidine rings is 1. The van der Waals surface area contributed by atoms with Crippen molar-refractivity contribution in [3.8, 4) is 0 Å². The molecule has 0 aromatic carbocycles. The molecule has 1 aliphatic heterocycles. The summed E-state index contributed by atoms with van der Waals surface area (Å²) in [6.07, 6.45) is 5.15. The predicted octanol–water partition coefficient (Wildman–Crippen LogP) is 0.375. The Labute approximate surface area is 135 Å². The van der Waals surface area contributed by atoms with E-state index in [1.54, 1.807) is 6.33 Å². The number of imidazole rings is 1. The van der Waals surface area contributed by atoms with Crippen LogP contribution in [0.5, 0.6) is 0 Å². The molecular formula is C15H23N7O. The maximum atomic E-state index is 12.6. The predicted molar refractivity (Wildman–Crippen MR) is 87.9 cm³/mol. The third kappa shape index (κ3) is 3.26. The first-order valence-electron chi connectivity index (χ1n) is 7.95. The number of nitrogens with one attached hydrogen (secondary N) is 1. The van der Waals surface area contributed by atoms with Crippen LogP contribution in [0.4, 0.5) is 5.82 Å². The van der Waals surface area contributed by atoms with Crippen molar-refractivity contribution in [2.75, 3.05) is 31.6 Å². The number of aromatic nitrogens is 4. The van der Waals surface area contributed by atoms with Gasteiger partial charge in [-0.25, -0.2) is 15.0 Å². The van der Waals surface area contributed by atoms with E-state index in [4.69, 9.17) is 5.73 Å². The molecule has 3 heterocycles. The number of carbonyl (C=O) groups is 1. The van der Waals surface area contributed by atoms with E-state index in [1.165, 1.54) is 6.33 Å². The number of fused-ring (bicyclic) bond motifs is 1. The van der Waals surface area contributed by atoms with Crippen molar-refractivity contribution in [3.63, 3.8) is 0 Å². The molecule has 124 valence electrons. The molecule has 2 aromatic heterocycles. The van der Waals surface area contributed by atoms with E-state index in [2.05, 4.69) is 19.9 Å². The zero-order valence-corrected chi connectivity index (χ0v) is 13.6. The molecule has 8 nitrogen and oxygen atoms in total. The van der Waals surface area contributed by atoms with Crippen LogP contribution < -0.4 is 10.6 Å². The van der Waals surface area contributed by atoms with Crippen LogP contribution in [0, 0.1) is 5.92 Å². The molecule has 2 unspecified atom stereocenters. The molecule has 2 aromatic rings. The lowest BCUT2D eigenvalue weighted by molar-refractivity contribution is -0.131. The summed E-state index contributed by atoms with van der Waals surface area (Å²) >= 11 is 0. The highest BCUT2D eigenvalue weighted by molar-refractivity contribution is 5.87. The van der Waals surface area contributed by atoms with Gasteiger partial charge in [-0.2, -0.15) is 0 Å². The number of anilines is 1. The first kappa shape index (κ1) is 15.7. The molecule has 0 spiro atoms. The van der Waals surface area contributed by atoms with Gasteiger partial charge < -0.3 is 20.5 Å². The summed E-state index contributed by atoms with van der Waals surface area (Å²) in [6, 6.07) is 0.120. The number of hydrogen-bond acceptors (Lipinski definition) is 6. The summed E-state index contributed by atoms with van der Waals surface area (Å²) in [7, 11) is 1.85. The molecule has 0 bridgehead atoms. The molecule has 23 heavy (non-hydrogen) atoms. The Morgan fingerprint density at radius 3 is 3.13 bits per heavy atom. The Morgan fingerprint density at radius 2 is 2.35 bits per heavy atom. The summed E-state index contributed by atoms with van der Waals surface area (Å²) < 4.78 is 0. The minimum atomic E-state index is 0.101. The largest absolute Gasteiger partial charge is 0.348 e. The highest BCUT2D eigenvalue weighted by Gasteiger charge is 2.26. The number of hydrogen-bond donors (Lipinski definition) is 2. The number of H-pyrrole nitrogens is 1. The number of likely N-dealkylation sites (N-methyl/N-ethyl adjacent to an activating group) is 1. The molecular weight excluding hydrogens is 294 g/mol. The number of rotatable bonds is 4. The Morgan fingerprint density at radius 1 is 1.52 bits per heavy atom. The van der Waals surface area contributed by atoms with E-state index in [0.717, 1.165) is 31.4 Å². The molecule has 8 heteroatoms. The van der Waals surface area contributed by atoms with E-state index < -0.39 is 0 Å². The number of carbonyl (C=O) groups excluding carboxylic acids is 1. The highest BCUT2D eigenvalue weighted by atomic mass is 16.2. The van der Waals surface area contributed by atoms with Crippen LogP contribution >= 0.6 is 0 Å². The first-order valence-corrected chi connectivity index (χ1v) is 7.95. The van der Waals surface area contributed by atoms with Gasteiger partial charge in [0, 0.05) is 26.2 Å². The quantitative estimate of drug-likeness (QED) is 0.844. The van der Waals surface area contributed by atoms with Crippen LogP contribution in [0.3, 0.4) is 0 Å². The van der Waals surface area contributed by atoms with Crippen LogP contribution in [-0.4, -0.2) is 63.5 Å². The number of nitrogens with zero attached hydrogens (tertiary/aromatic N) is 5. The van der Waals surface area contributed by atoms with Gasteiger partial charge >= 0.3 is 0 Å². The lowest BCUT2D eigenvalue weighted by Gasteiger charge is -2.35. The number of likely N-dealkylation sites (tertiary alicyclic amines) is 1. The lowest BCUT2D eigenvalue weighted by atomic mass is 9.92. The van der Waals surface area contributed by atoms with E-state index >= 15 is 0 Å². The van der Waals surface area contributed by atoms with Gasteiger partial charge in [0.15, 0.2) is 11.5 Å². The van der Waals surface area contributed by atoms with Crippen LogP contribution in [-0.2, 0) is 4.79 Å². The molecule has 1 aliphatic rings. The average Bonchev–Trinajstić information content (AvgIpc) is 3.03. The lowest BCUT2D eigenvalue weighted by Crippen LogP contribution is -2.48. The third-order valence-electron chi connectivity index (χ3n) is 4.49. The second-order valence-corrected chi connectivity index (χ2v) is 6.26. The van der Waals surface area contributed by atoms with Crippen molar-refractivity contribution in [1.82, 2.24) is 24.8 Å². The number of aromatic amines is 1. The van der Waals surface area contributed by atoms with Crippen LogP contribution in [0.25, 0.3) is 11.2 Å². The van der Waals surface area contributed by atoms with Crippen LogP contribution in [0.15, 0.2) is 12.7 Å². The van der Waals surface area contributed by atoms with Gasteiger partial charge in [0.1, 0.15) is 11.8 Å². The molecule has 1 fully saturated rings. The van der Waals surface area contributed by atoms with Gasteiger partial charge in [-0.15, -0.1) is 0 Å². The second kappa shape index (κ2) is 6.49. The van der Waals surface area contributed by atoms with Gasteiger partial charge in [-0.1, -0.05) is 0 Å². The molecule has 2 atom stereocenters. The zero-order chi connectivity index (χ0) is 16.4. The maximum Gasteiger partial charge on any atom is 0.242 e. The van der Waals surface area contributed by atoms with Crippen LogP contribution in [0.2, 0.25) is 0 Å². The normalized spacial score (nSPS) is 19.8. The van der Waals surface area contributed by atoms with Gasteiger partial charge in [0.2, 0.25) is 5.91 Å². The zero-order valence-electron chi connectivity index (χ0n) is 13.6. The Hall–Kier alpha value is -2.22. The minimum absolute atomic E-state index is 0.101. The minimum Gasteiger partial charge on any atom is -0.348 e. The standard InChI is InChI=1S/C15H23N7O/c1-10(16)11-4-3-5-22(6-11)12(23)7-21(2)15-13-14(18-8-17-13)19-9-20-15/h8-11H,3-7,16H2,1-2H3,(H,17,18,19,20). The monoisotopic (exact) mass is 317 g/mol. The molecule has 3 rings (SSSR count). The summed E-state index contributed by atoms with van der Waals surface area (Å²) in [5.41, 5.74) is 7.34. The van der Waals surface area contributed by atoms with Gasteiger partial charge in [0.25, 0.3) is 0 Å². The molecule has 1 saturated heterocycles. The van der Waals surface area contributed by atoms with Gasteiger partial charge in [-0.05, 0) is 25.7 Å². The summed E-state index contributed by atoms with van der Waals surface area (Å²) in [6.45, 7) is 3.84. The van der Waals surface area contributed by atoms with E-state index in [-0.39, 0.29) is 18.5 Å². The number of amides is 1. The summed E-state index contributed by atoms with van der Waals surface area (Å²) in [4.78, 5) is 31.9. The van der Waals surface area contributed by atoms with E-state index in [0.29, 0.717) is 17.4 Å². The smallest absolute Gasteiger partial charge is 0.242 e. The Bertz CT molecular complexity index is 683. The van der Waals surface area contributed by atoms with Crippen molar-refractivity contribution in [1.29, 1.82) is 0 Å². The van der Waals surface area contributed by atoms with Gasteiger partial charge in [0.05, 0.1) is 12.9 Å². The second-order valence-electron chi connectivity index (χ2n) is 6.26. The topological polar surface area (TPSA) is 104 Å². The maximum absolute atomic E-state index is 12.6. The van der Waals surface area contributed by atoms with Gasteiger partial charge in [-0.3, -0.25) is 4.79 Å². The van der Waals surface area contributed by atoms with Crippen LogP contribution in [0.1, 0.15) is 19.8 Å². The van der Waals surface area contributed by atoms with E-state index in [1.807, 2.05) is 23.8 Å². The van der Waals surface area contributed by atoms with Crippen molar-refractivity contribution >= 4 is 22.9 Å². The highest BCUT2D eigenvalue weighted by Crippen LogP contribution is 2.21. The van der Waals surface area contributed by atoms with Crippen molar-refractivity contribution in [2.45, 2.75) is 25.8 Å². The fourth-order valence-electron chi connectivity index (χ4n) is 3.09. The first-order chi connectivity index (χ1) is 11.1. The van der Waals surface area contributed by atoms with Crippen molar-refractivity contribution in [2.24, 2.45) is 11.7 Å². The van der Waals surface area contributed by atoms with Crippen molar-refractivity contribution in [3.05, 3.63) is 12.7 Å². The Balaban J connectivity index is 1.69. The Kier molecular flexibility index (Phi) is 4.42. The molecule has 0 radical (unpaired) electrons.